The Balaban J connectivity index is 1.72. The summed E-state index contributed by atoms with van der Waals surface area (Å²) in [6, 6.07) is 0. The van der Waals surface area contributed by atoms with Gasteiger partial charge < -0.3 is 0 Å². The Kier molecular flexibility index (Phi) is 6.54. The Morgan fingerprint density at radius 2 is 1.54 bits per heavy atom. The molecule has 2 rings (SSSR count). The SMILES string of the molecule is CCC(C)(CC)C(=O)C1CCC(CCCC2C(=O)C=CC2=O)CC1. The van der Waals surface area contributed by atoms with Gasteiger partial charge in [-0.3, -0.25) is 14.4 Å². The van der Waals surface area contributed by atoms with E-state index in [1.165, 1.54) is 12.2 Å². The zero-order valence-electron chi connectivity index (χ0n) is 15.5. The van der Waals surface area contributed by atoms with E-state index in [9.17, 15) is 14.4 Å². The third kappa shape index (κ3) is 4.23. The number of ketones is 3. The molecule has 0 radical (unpaired) electrons. The first kappa shape index (κ1) is 19.1. The summed E-state index contributed by atoms with van der Waals surface area (Å²) in [5.74, 6) is 0.925. The second-order valence-electron chi connectivity index (χ2n) is 7.97. The Labute approximate surface area is 146 Å². The van der Waals surface area contributed by atoms with Crippen molar-refractivity contribution in [2.45, 2.75) is 78.6 Å². The molecule has 24 heavy (non-hydrogen) atoms. The van der Waals surface area contributed by atoms with E-state index in [4.69, 9.17) is 0 Å². The first-order valence-electron chi connectivity index (χ1n) is 9.71. The Morgan fingerprint density at radius 1 is 1.00 bits per heavy atom. The van der Waals surface area contributed by atoms with Crippen LogP contribution in [0.1, 0.15) is 78.6 Å². The van der Waals surface area contributed by atoms with Crippen LogP contribution < -0.4 is 0 Å². The lowest BCUT2D eigenvalue weighted by Crippen LogP contribution is -2.34. The average molecular weight is 332 g/mol. The van der Waals surface area contributed by atoms with E-state index < -0.39 is 5.92 Å². The Hall–Kier alpha value is -1.25. The highest BCUT2D eigenvalue weighted by Crippen LogP contribution is 2.39. The molecule has 2 aliphatic rings. The van der Waals surface area contributed by atoms with Crippen LogP contribution in [0.15, 0.2) is 12.2 Å². The van der Waals surface area contributed by atoms with E-state index in [0.717, 1.165) is 51.4 Å². The first-order chi connectivity index (χ1) is 11.4. The highest BCUT2D eigenvalue weighted by Gasteiger charge is 2.36. The van der Waals surface area contributed by atoms with Gasteiger partial charge in [-0.05, 0) is 63.0 Å². The number of carbonyl (C=O) groups is 3. The summed E-state index contributed by atoms with van der Waals surface area (Å²) in [6.07, 6.45) is 11.7. The lowest BCUT2D eigenvalue weighted by atomic mass is 9.69. The van der Waals surface area contributed by atoms with Crippen molar-refractivity contribution in [1.82, 2.24) is 0 Å². The molecule has 0 bridgehead atoms. The van der Waals surface area contributed by atoms with Crippen molar-refractivity contribution in [3.05, 3.63) is 12.2 Å². The summed E-state index contributed by atoms with van der Waals surface area (Å²) in [6.45, 7) is 6.35. The third-order valence-electron chi connectivity index (χ3n) is 6.58. The number of hydrogen-bond acceptors (Lipinski definition) is 3. The largest absolute Gasteiger partial charge is 0.299 e. The van der Waals surface area contributed by atoms with Crippen molar-refractivity contribution < 1.29 is 14.4 Å². The van der Waals surface area contributed by atoms with Crippen molar-refractivity contribution >= 4 is 17.3 Å². The van der Waals surface area contributed by atoms with E-state index >= 15 is 0 Å². The predicted molar refractivity (Wildman–Crippen MR) is 95.6 cm³/mol. The lowest BCUT2D eigenvalue weighted by molar-refractivity contribution is -0.134. The third-order valence-corrected chi connectivity index (χ3v) is 6.58. The molecule has 0 saturated heterocycles. The van der Waals surface area contributed by atoms with Gasteiger partial charge in [-0.1, -0.05) is 33.6 Å². The summed E-state index contributed by atoms with van der Waals surface area (Å²) >= 11 is 0. The van der Waals surface area contributed by atoms with Gasteiger partial charge in [0.25, 0.3) is 0 Å². The standard InChI is InChI=1S/C21H32O3/c1-4-21(3,5-2)20(24)16-11-9-15(10-12-16)7-6-8-17-18(22)13-14-19(17)23/h13-17H,4-12H2,1-3H3. The molecule has 1 saturated carbocycles. The molecular weight excluding hydrogens is 300 g/mol. The number of hydrogen-bond donors (Lipinski definition) is 0. The minimum atomic E-state index is -0.405. The fourth-order valence-corrected chi connectivity index (χ4v) is 4.24. The summed E-state index contributed by atoms with van der Waals surface area (Å²) < 4.78 is 0. The number of rotatable bonds is 8. The molecule has 0 aromatic heterocycles. The minimum absolute atomic E-state index is 0.0206. The molecule has 0 unspecified atom stereocenters. The maximum absolute atomic E-state index is 12.8. The maximum atomic E-state index is 12.8. The monoisotopic (exact) mass is 332 g/mol. The molecular formula is C21H32O3. The Morgan fingerprint density at radius 3 is 2.04 bits per heavy atom. The second kappa shape index (κ2) is 8.22. The number of allylic oxidation sites excluding steroid dienone is 2. The van der Waals surface area contributed by atoms with Gasteiger partial charge in [0.05, 0.1) is 5.92 Å². The van der Waals surface area contributed by atoms with E-state index in [1.54, 1.807) is 0 Å². The molecule has 0 atom stereocenters. The van der Waals surface area contributed by atoms with Crippen LogP contribution in [-0.4, -0.2) is 17.3 Å². The maximum Gasteiger partial charge on any atom is 0.166 e. The summed E-state index contributed by atoms with van der Waals surface area (Å²) in [5.41, 5.74) is -0.145. The van der Waals surface area contributed by atoms with Crippen LogP contribution in [0.5, 0.6) is 0 Å². The van der Waals surface area contributed by atoms with Gasteiger partial charge in [0.15, 0.2) is 11.6 Å². The fourth-order valence-electron chi connectivity index (χ4n) is 4.24. The van der Waals surface area contributed by atoms with Crippen LogP contribution in [0, 0.1) is 23.2 Å². The van der Waals surface area contributed by atoms with Crippen LogP contribution in [0.3, 0.4) is 0 Å². The predicted octanol–water partition coefficient (Wildman–Crippen LogP) is 4.68. The van der Waals surface area contributed by atoms with E-state index in [-0.39, 0.29) is 22.9 Å². The van der Waals surface area contributed by atoms with Gasteiger partial charge in [-0.2, -0.15) is 0 Å². The van der Waals surface area contributed by atoms with Crippen molar-refractivity contribution in [1.29, 1.82) is 0 Å². The summed E-state index contributed by atoms with van der Waals surface area (Å²) in [5, 5.41) is 0. The molecule has 0 aliphatic heterocycles. The van der Waals surface area contributed by atoms with Crippen molar-refractivity contribution in [2.24, 2.45) is 23.2 Å². The van der Waals surface area contributed by atoms with Crippen LogP contribution in [-0.2, 0) is 14.4 Å². The number of carbonyl (C=O) groups excluding carboxylic acids is 3. The molecule has 0 amide bonds. The van der Waals surface area contributed by atoms with Crippen molar-refractivity contribution in [2.75, 3.05) is 0 Å². The molecule has 0 heterocycles. The molecule has 0 aromatic carbocycles. The van der Waals surface area contributed by atoms with E-state index in [2.05, 4.69) is 20.8 Å². The van der Waals surface area contributed by atoms with E-state index in [1.807, 2.05) is 0 Å². The molecule has 0 N–H and O–H groups in total. The first-order valence-corrected chi connectivity index (χ1v) is 9.71. The second-order valence-corrected chi connectivity index (χ2v) is 7.97. The normalized spacial score (nSPS) is 25.5. The van der Waals surface area contributed by atoms with Crippen molar-refractivity contribution in [3.63, 3.8) is 0 Å². The fraction of sp³-hybridized carbons (Fsp3) is 0.762. The summed E-state index contributed by atoms with van der Waals surface area (Å²) in [7, 11) is 0. The van der Waals surface area contributed by atoms with Crippen LogP contribution in [0.4, 0.5) is 0 Å². The quantitative estimate of drug-likeness (QED) is 0.606. The van der Waals surface area contributed by atoms with Gasteiger partial charge in [0.1, 0.15) is 5.78 Å². The molecule has 2 aliphatic carbocycles. The Bertz CT molecular complexity index is 487. The molecule has 3 heteroatoms. The molecule has 0 spiro atoms. The molecule has 1 fully saturated rings. The highest BCUT2D eigenvalue weighted by molar-refractivity contribution is 6.18. The van der Waals surface area contributed by atoms with Gasteiger partial charge in [-0.15, -0.1) is 0 Å². The smallest absolute Gasteiger partial charge is 0.166 e. The molecule has 134 valence electrons. The van der Waals surface area contributed by atoms with Crippen LogP contribution in [0.25, 0.3) is 0 Å². The molecule has 3 nitrogen and oxygen atoms in total. The van der Waals surface area contributed by atoms with Gasteiger partial charge >= 0.3 is 0 Å². The van der Waals surface area contributed by atoms with Crippen LogP contribution >= 0.6 is 0 Å². The van der Waals surface area contributed by atoms with Gasteiger partial charge in [0, 0.05) is 11.3 Å². The zero-order valence-corrected chi connectivity index (χ0v) is 15.5. The zero-order chi connectivity index (χ0) is 17.7. The minimum Gasteiger partial charge on any atom is -0.299 e. The average Bonchev–Trinajstić information content (AvgIpc) is 2.93. The lowest BCUT2D eigenvalue weighted by Gasteiger charge is -2.34. The highest BCUT2D eigenvalue weighted by atomic mass is 16.2. The van der Waals surface area contributed by atoms with Crippen molar-refractivity contribution in [3.8, 4) is 0 Å². The van der Waals surface area contributed by atoms with Gasteiger partial charge in [-0.25, -0.2) is 0 Å². The van der Waals surface area contributed by atoms with Crippen LogP contribution in [0.2, 0.25) is 0 Å². The van der Waals surface area contributed by atoms with Gasteiger partial charge in [0.2, 0.25) is 0 Å². The number of Topliss-reactive ketones (excluding diaryl/α,β-unsaturated/α-hetero) is 1. The topological polar surface area (TPSA) is 51.2 Å². The van der Waals surface area contributed by atoms with E-state index in [0.29, 0.717) is 18.1 Å². The summed E-state index contributed by atoms with van der Waals surface area (Å²) in [4.78, 5) is 35.9. The molecule has 0 aromatic rings.